The van der Waals surface area contributed by atoms with E-state index in [2.05, 4.69) is 20.9 Å². The molecule has 2 heterocycles. The van der Waals surface area contributed by atoms with Crippen molar-refractivity contribution in [1.82, 2.24) is 14.9 Å². The summed E-state index contributed by atoms with van der Waals surface area (Å²) in [7, 11) is 3.08. The Morgan fingerprint density at radius 1 is 1.33 bits per heavy atom. The van der Waals surface area contributed by atoms with Gasteiger partial charge >= 0.3 is 6.09 Å². The van der Waals surface area contributed by atoms with Gasteiger partial charge in [0.1, 0.15) is 5.60 Å². The molecule has 2 amide bonds. The minimum absolute atomic E-state index is 0.105. The summed E-state index contributed by atoms with van der Waals surface area (Å²) in [6, 6.07) is 3.75. The van der Waals surface area contributed by atoms with Gasteiger partial charge in [-0.2, -0.15) is 0 Å². The molecule has 0 spiro atoms. The quantitative estimate of drug-likeness (QED) is 0.669. The van der Waals surface area contributed by atoms with Crippen LogP contribution in [0.25, 0.3) is 0 Å². The smallest absolute Gasteiger partial charge is 0.410 e. The highest BCUT2D eigenvalue weighted by atomic mass is 79.9. The van der Waals surface area contributed by atoms with E-state index in [1.54, 1.807) is 18.1 Å². The Morgan fingerprint density at radius 2 is 1.96 bits per heavy atom. The molecule has 0 unspecified atom stereocenters. The zero-order valence-corrected chi connectivity index (χ0v) is 18.2. The van der Waals surface area contributed by atoms with Gasteiger partial charge < -0.3 is 9.64 Å². The van der Waals surface area contributed by atoms with Gasteiger partial charge in [-0.15, -0.1) is 0 Å². The van der Waals surface area contributed by atoms with Crippen LogP contribution < -0.4 is 0 Å². The maximum atomic E-state index is 13.1. The predicted octanol–water partition coefficient (Wildman–Crippen LogP) is 3.42. The predicted molar refractivity (Wildman–Crippen MR) is 105 cm³/mol. The number of carbonyl (C=O) groups is 2. The summed E-state index contributed by atoms with van der Waals surface area (Å²) in [6.45, 7) is 6.42. The summed E-state index contributed by atoms with van der Waals surface area (Å²) in [6.07, 6.45) is 2.88. The molecule has 0 atom stereocenters. The summed E-state index contributed by atoms with van der Waals surface area (Å²) in [4.78, 5) is 36.7. The average Bonchev–Trinajstić information content (AvgIpc) is 2.61. The third kappa shape index (κ3) is 5.42. The van der Waals surface area contributed by atoms with E-state index >= 15 is 0 Å². The van der Waals surface area contributed by atoms with Gasteiger partial charge in [-0.05, 0) is 61.7 Å². The van der Waals surface area contributed by atoms with Crippen LogP contribution in [0.2, 0.25) is 0 Å². The zero-order valence-electron chi connectivity index (χ0n) is 16.6. The summed E-state index contributed by atoms with van der Waals surface area (Å²) in [5.41, 5.74) is -0.405. The van der Waals surface area contributed by atoms with Crippen molar-refractivity contribution in [2.75, 3.05) is 27.2 Å². The van der Waals surface area contributed by atoms with Crippen LogP contribution in [0.5, 0.6) is 0 Å². The third-order valence-electron chi connectivity index (χ3n) is 4.73. The lowest BCUT2D eigenvalue weighted by Gasteiger charge is -2.42. The molecule has 1 saturated heterocycles. The lowest BCUT2D eigenvalue weighted by Crippen LogP contribution is -2.52. The molecule has 1 aromatic rings. The number of nitrogens with zero attached hydrogens (tertiary/aromatic N) is 3. The Labute approximate surface area is 169 Å². The van der Waals surface area contributed by atoms with E-state index in [-0.39, 0.29) is 12.0 Å². The molecule has 1 aliphatic rings. The molecule has 0 aliphatic carbocycles. The number of piperidine rings is 1. The Bertz CT molecular complexity index is 682. The second-order valence-corrected chi connectivity index (χ2v) is 8.70. The molecular formula is C19H28BrN3O4. The van der Waals surface area contributed by atoms with Gasteiger partial charge in [-0.3, -0.25) is 14.6 Å². The number of amides is 2. The summed E-state index contributed by atoms with van der Waals surface area (Å²) < 4.78 is 6.33. The fraction of sp³-hybridized carbons (Fsp3) is 0.632. The Morgan fingerprint density at radius 3 is 2.48 bits per heavy atom. The monoisotopic (exact) mass is 441 g/mol. The lowest BCUT2D eigenvalue weighted by atomic mass is 9.73. The van der Waals surface area contributed by atoms with E-state index in [4.69, 9.17) is 9.57 Å². The molecule has 150 valence electrons. The minimum Gasteiger partial charge on any atom is -0.444 e. The molecule has 0 radical (unpaired) electrons. The minimum atomic E-state index is -0.680. The zero-order chi connectivity index (χ0) is 20.2. The number of aromatic nitrogens is 1. The topological polar surface area (TPSA) is 72.0 Å². The van der Waals surface area contributed by atoms with Gasteiger partial charge in [0.2, 0.25) is 0 Å². The number of ether oxygens (including phenoxy) is 1. The molecule has 0 aromatic carbocycles. The van der Waals surface area contributed by atoms with Gasteiger partial charge in [-0.25, -0.2) is 9.86 Å². The number of carbonyl (C=O) groups excluding carboxylic acids is 2. The number of hydrogen-bond donors (Lipinski definition) is 0. The number of rotatable bonds is 4. The van der Waals surface area contributed by atoms with E-state index in [1.807, 2.05) is 32.9 Å². The van der Waals surface area contributed by atoms with Crippen molar-refractivity contribution in [3.8, 4) is 0 Å². The average molecular weight is 442 g/mol. The maximum absolute atomic E-state index is 13.1. The van der Waals surface area contributed by atoms with E-state index in [1.165, 1.54) is 12.2 Å². The van der Waals surface area contributed by atoms with Crippen LogP contribution in [0, 0.1) is 5.41 Å². The second kappa shape index (κ2) is 8.56. The van der Waals surface area contributed by atoms with Crippen molar-refractivity contribution >= 4 is 27.9 Å². The Balaban J connectivity index is 2.20. The van der Waals surface area contributed by atoms with Crippen LogP contribution in [-0.4, -0.2) is 59.8 Å². The normalized spacial score (nSPS) is 16.7. The van der Waals surface area contributed by atoms with Crippen LogP contribution in [0.3, 0.4) is 0 Å². The van der Waals surface area contributed by atoms with Crippen LogP contribution in [0.4, 0.5) is 4.79 Å². The van der Waals surface area contributed by atoms with Crippen molar-refractivity contribution in [2.24, 2.45) is 5.41 Å². The first-order chi connectivity index (χ1) is 12.6. The third-order valence-corrected chi connectivity index (χ3v) is 5.45. The van der Waals surface area contributed by atoms with E-state index in [0.717, 1.165) is 10.2 Å². The number of hydrogen-bond acceptors (Lipinski definition) is 5. The number of hydroxylamine groups is 2. The standard InChI is InChI=1S/C19H28BrN3O4/c1-18(2,3)27-17(25)23-11-8-19(9-12-23,16(24)22(4)26-5)13-15-14(20)7-6-10-21-15/h6-7,10H,8-9,11-13H2,1-5H3. The molecule has 2 rings (SSSR count). The summed E-state index contributed by atoms with van der Waals surface area (Å²) in [5, 5.41) is 1.26. The molecule has 0 bridgehead atoms. The van der Waals surface area contributed by atoms with E-state index in [0.29, 0.717) is 32.4 Å². The molecule has 27 heavy (non-hydrogen) atoms. The molecule has 1 aliphatic heterocycles. The van der Waals surface area contributed by atoms with Gasteiger partial charge in [0, 0.05) is 37.2 Å². The fourth-order valence-corrected chi connectivity index (χ4v) is 3.59. The first-order valence-corrected chi connectivity index (χ1v) is 9.77. The Hall–Kier alpha value is -1.67. The van der Waals surface area contributed by atoms with Gasteiger partial charge in [0.15, 0.2) is 0 Å². The molecule has 1 fully saturated rings. The largest absolute Gasteiger partial charge is 0.444 e. The number of halogens is 1. The maximum Gasteiger partial charge on any atom is 0.410 e. The van der Waals surface area contributed by atoms with Crippen molar-refractivity contribution in [3.63, 3.8) is 0 Å². The molecule has 0 N–H and O–H groups in total. The highest BCUT2D eigenvalue weighted by molar-refractivity contribution is 9.10. The highest BCUT2D eigenvalue weighted by Gasteiger charge is 2.45. The van der Waals surface area contributed by atoms with Crippen molar-refractivity contribution in [3.05, 3.63) is 28.5 Å². The van der Waals surface area contributed by atoms with Crippen molar-refractivity contribution in [2.45, 2.75) is 45.6 Å². The van der Waals surface area contributed by atoms with Crippen LogP contribution in [0.1, 0.15) is 39.3 Å². The van der Waals surface area contributed by atoms with Gasteiger partial charge in [0.05, 0.1) is 18.2 Å². The van der Waals surface area contributed by atoms with E-state index in [9.17, 15) is 9.59 Å². The van der Waals surface area contributed by atoms with Gasteiger partial charge in [-0.1, -0.05) is 0 Å². The SMILES string of the molecule is CON(C)C(=O)C1(Cc2ncccc2Br)CCN(C(=O)OC(C)(C)C)CC1. The number of pyridine rings is 1. The first kappa shape index (κ1) is 21.6. The highest BCUT2D eigenvalue weighted by Crippen LogP contribution is 2.38. The van der Waals surface area contributed by atoms with Crippen molar-refractivity contribution in [1.29, 1.82) is 0 Å². The summed E-state index contributed by atoms with van der Waals surface area (Å²) in [5.74, 6) is -0.105. The molecule has 7 nitrogen and oxygen atoms in total. The Kier molecular flexibility index (Phi) is 6.86. The first-order valence-electron chi connectivity index (χ1n) is 8.97. The molecule has 0 saturated carbocycles. The van der Waals surface area contributed by atoms with Crippen LogP contribution in [0.15, 0.2) is 22.8 Å². The lowest BCUT2D eigenvalue weighted by molar-refractivity contribution is -0.183. The fourth-order valence-electron chi connectivity index (χ4n) is 3.20. The van der Waals surface area contributed by atoms with Crippen LogP contribution in [-0.2, 0) is 20.8 Å². The van der Waals surface area contributed by atoms with E-state index < -0.39 is 11.0 Å². The van der Waals surface area contributed by atoms with Crippen molar-refractivity contribution < 1.29 is 19.2 Å². The molecule has 1 aromatic heterocycles. The number of likely N-dealkylation sites (tertiary alicyclic amines) is 1. The molecular weight excluding hydrogens is 414 g/mol. The molecule has 8 heteroatoms. The van der Waals surface area contributed by atoms with Crippen LogP contribution >= 0.6 is 15.9 Å². The summed E-state index contributed by atoms with van der Waals surface area (Å²) >= 11 is 3.52. The van der Waals surface area contributed by atoms with Gasteiger partial charge in [0.25, 0.3) is 5.91 Å². The second-order valence-electron chi connectivity index (χ2n) is 7.84.